The molecule has 0 bridgehead atoms. The maximum absolute atomic E-state index is 12.8. The lowest BCUT2D eigenvalue weighted by atomic mass is 9.87. The van der Waals surface area contributed by atoms with Crippen LogP contribution in [0, 0.1) is 0 Å². The van der Waals surface area contributed by atoms with Crippen LogP contribution >= 0.6 is 11.6 Å². The van der Waals surface area contributed by atoms with Crippen LogP contribution in [-0.2, 0) is 5.54 Å². The molecule has 2 aromatic carbocycles. The van der Waals surface area contributed by atoms with E-state index in [1.165, 1.54) is 0 Å². The van der Waals surface area contributed by atoms with Gasteiger partial charge in [0.05, 0.1) is 5.54 Å². The fourth-order valence-electron chi connectivity index (χ4n) is 3.45. The van der Waals surface area contributed by atoms with Gasteiger partial charge in [-0.05, 0) is 54.8 Å². The molecule has 1 amide bonds. The van der Waals surface area contributed by atoms with Gasteiger partial charge in [0.2, 0.25) is 0 Å². The number of benzene rings is 2. The predicted octanol–water partition coefficient (Wildman–Crippen LogP) is 4.61. The van der Waals surface area contributed by atoms with E-state index in [9.17, 15) is 4.79 Å². The Labute approximate surface area is 148 Å². The van der Waals surface area contributed by atoms with Crippen molar-refractivity contribution in [2.45, 2.75) is 31.2 Å². The van der Waals surface area contributed by atoms with Crippen molar-refractivity contribution in [2.24, 2.45) is 0 Å². The number of carbonyl (C=O) groups excluding carboxylic acids is 1. The minimum atomic E-state index is -0.303. The number of nitrogens with one attached hydrogen (secondary N) is 1. The molecule has 3 nitrogen and oxygen atoms in total. The van der Waals surface area contributed by atoms with Gasteiger partial charge in [-0.1, -0.05) is 36.6 Å². The number of hydrogen-bond donors (Lipinski definition) is 1. The Hall–Kier alpha value is -2.00. The summed E-state index contributed by atoms with van der Waals surface area (Å²) in [6.45, 7) is 0. The minimum Gasteiger partial charge on any atom is -0.378 e. The van der Waals surface area contributed by atoms with E-state index < -0.39 is 0 Å². The van der Waals surface area contributed by atoms with Gasteiger partial charge in [0, 0.05) is 30.4 Å². The third-order valence-electron chi connectivity index (χ3n) is 4.83. The van der Waals surface area contributed by atoms with Gasteiger partial charge in [-0.2, -0.15) is 0 Å². The van der Waals surface area contributed by atoms with Gasteiger partial charge in [-0.25, -0.2) is 0 Å². The molecule has 24 heavy (non-hydrogen) atoms. The second-order valence-corrected chi connectivity index (χ2v) is 7.13. The maximum Gasteiger partial charge on any atom is 0.251 e. The lowest BCUT2D eigenvalue weighted by Gasteiger charge is -2.31. The molecule has 1 fully saturated rings. The molecule has 0 aliphatic heterocycles. The average molecular weight is 343 g/mol. The Balaban J connectivity index is 1.84. The zero-order chi connectivity index (χ0) is 17.2. The van der Waals surface area contributed by atoms with E-state index in [1.54, 1.807) is 0 Å². The molecule has 0 radical (unpaired) electrons. The number of rotatable bonds is 4. The van der Waals surface area contributed by atoms with E-state index >= 15 is 0 Å². The zero-order valence-electron chi connectivity index (χ0n) is 14.2. The number of hydrogen-bond acceptors (Lipinski definition) is 2. The number of anilines is 1. The second-order valence-electron chi connectivity index (χ2n) is 6.69. The summed E-state index contributed by atoms with van der Waals surface area (Å²) in [5, 5.41) is 4.00. The normalized spacial score (nSPS) is 16.0. The molecule has 0 atom stereocenters. The molecule has 1 aliphatic carbocycles. The molecule has 4 heteroatoms. The highest BCUT2D eigenvalue weighted by molar-refractivity contribution is 6.30. The van der Waals surface area contributed by atoms with Gasteiger partial charge in [-0.3, -0.25) is 4.79 Å². The summed E-state index contributed by atoms with van der Waals surface area (Å²) in [4.78, 5) is 14.8. The highest BCUT2D eigenvalue weighted by Gasteiger charge is 2.37. The van der Waals surface area contributed by atoms with E-state index in [0.717, 1.165) is 36.9 Å². The van der Waals surface area contributed by atoms with Crippen LogP contribution in [0.15, 0.2) is 48.5 Å². The largest absolute Gasteiger partial charge is 0.378 e. The fraction of sp³-hybridized carbons (Fsp3) is 0.350. The lowest BCUT2D eigenvalue weighted by molar-refractivity contribution is 0.0898. The minimum absolute atomic E-state index is 0.0258. The predicted molar refractivity (Wildman–Crippen MR) is 99.8 cm³/mol. The van der Waals surface area contributed by atoms with Crippen LogP contribution in [-0.4, -0.2) is 20.0 Å². The van der Waals surface area contributed by atoms with Gasteiger partial charge in [0.15, 0.2) is 0 Å². The van der Waals surface area contributed by atoms with Gasteiger partial charge >= 0.3 is 0 Å². The van der Waals surface area contributed by atoms with Gasteiger partial charge in [-0.15, -0.1) is 0 Å². The summed E-state index contributed by atoms with van der Waals surface area (Å²) in [6.07, 6.45) is 4.14. The highest BCUT2D eigenvalue weighted by atomic mass is 35.5. The quantitative estimate of drug-likeness (QED) is 0.880. The molecule has 126 valence electrons. The molecule has 0 saturated heterocycles. The highest BCUT2D eigenvalue weighted by Crippen LogP contribution is 2.39. The lowest BCUT2D eigenvalue weighted by Crippen LogP contribution is -2.43. The molecular formula is C20H23ClN2O. The third kappa shape index (κ3) is 3.41. The van der Waals surface area contributed by atoms with E-state index in [-0.39, 0.29) is 11.4 Å². The number of nitrogens with zero attached hydrogens (tertiary/aromatic N) is 1. The van der Waals surface area contributed by atoms with Crippen molar-refractivity contribution in [3.63, 3.8) is 0 Å². The second kappa shape index (κ2) is 6.86. The average Bonchev–Trinajstić information content (AvgIpc) is 3.04. The summed E-state index contributed by atoms with van der Waals surface area (Å²) >= 11 is 6.17. The van der Waals surface area contributed by atoms with Crippen molar-refractivity contribution in [1.29, 1.82) is 0 Å². The van der Waals surface area contributed by atoms with E-state index in [1.807, 2.05) is 61.5 Å². The Morgan fingerprint density at radius 1 is 1.08 bits per heavy atom. The number of carbonyl (C=O) groups is 1. The number of amides is 1. The monoisotopic (exact) mass is 342 g/mol. The molecular weight excluding hydrogens is 320 g/mol. The van der Waals surface area contributed by atoms with Crippen molar-refractivity contribution in [2.75, 3.05) is 19.0 Å². The third-order valence-corrected chi connectivity index (χ3v) is 5.07. The van der Waals surface area contributed by atoms with E-state index in [4.69, 9.17) is 11.6 Å². The van der Waals surface area contributed by atoms with Crippen molar-refractivity contribution >= 4 is 23.2 Å². The zero-order valence-corrected chi connectivity index (χ0v) is 14.9. The summed E-state index contributed by atoms with van der Waals surface area (Å²) in [5.41, 5.74) is 2.57. The van der Waals surface area contributed by atoms with Gasteiger partial charge in [0.1, 0.15) is 0 Å². The summed E-state index contributed by atoms with van der Waals surface area (Å²) in [5.74, 6) is -0.0258. The van der Waals surface area contributed by atoms with Crippen molar-refractivity contribution in [3.8, 4) is 0 Å². The first kappa shape index (κ1) is 16.8. The number of halogens is 1. The molecule has 0 heterocycles. The van der Waals surface area contributed by atoms with Crippen LogP contribution in [0.2, 0.25) is 5.02 Å². The summed E-state index contributed by atoms with van der Waals surface area (Å²) in [6, 6.07) is 15.6. The van der Waals surface area contributed by atoms with Crippen LogP contribution in [0.4, 0.5) is 5.69 Å². The maximum atomic E-state index is 12.8. The molecule has 0 spiro atoms. The van der Waals surface area contributed by atoms with Crippen LogP contribution in [0.25, 0.3) is 0 Å². The summed E-state index contributed by atoms with van der Waals surface area (Å²) in [7, 11) is 3.98. The SMILES string of the molecule is CN(C)c1ccc(C(=O)NC2(c3cccc(Cl)c3)CCCC2)cc1. The van der Waals surface area contributed by atoms with Gasteiger partial charge < -0.3 is 10.2 Å². The Morgan fingerprint density at radius 3 is 2.33 bits per heavy atom. The Morgan fingerprint density at radius 2 is 1.75 bits per heavy atom. The van der Waals surface area contributed by atoms with Crippen LogP contribution < -0.4 is 10.2 Å². The molecule has 3 rings (SSSR count). The van der Waals surface area contributed by atoms with Crippen LogP contribution in [0.3, 0.4) is 0 Å². The van der Waals surface area contributed by atoms with Crippen molar-refractivity contribution in [3.05, 3.63) is 64.7 Å². The van der Waals surface area contributed by atoms with E-state index in [0.29, 0.717) is 10.6 Å². The standard InChI is InChI=1S/C20H23ClN2O/c1-23(2)18-10-8-15(9-11-18)19(24)22-20(12-3-4-13-20)16-6-5-7-17(21)14-16/h5-11,14H,3-4,12-13H2,1-2H3,(H,22,24). The molecule has 1 saturated carbocycles. The first-order valence-corrected chi connectivity index (χ1v) is 8.74. The molecule has 1 aliphatic rings. The Bertz CT molecular complexity index is 719. The molecule has 0 aromatic heterocycles. The Kier molecular flexibility index (Phi) is 4.81. The molecule has 2 aromatic rings. The summed E-state index contributed by atoms with van der Waals surface area (Å²) < 4.78 is 0. The fourth-order valence-corrected chi connectivity index (χ4v) is 3.64. The van der Waals surface area contributed by atoms with Gasteiger partial charge in [0.25, 0.3) is 5.91 Å². The molecule has 0 unspecified atom stereocenters. The first-order chi connectivity index (χ1) is 11.5. The molecule has 1 N–H and O–H groups in total. The topological polar surface area (TPSA) is 32.3 Å². The van der Waals surface area contributed by atoms with Crippen LogP contribution in [0.5, 0.6) is 0 Å². The van der Waals surface area contributed by atoms with Crippen molar-refractivity contribution in [1.82, 2.24) is 5.32 Å². The first-order valence-electron chi connectivity index (χ1n) is 8.36. The van der Waals surface area contributed by atoms with Crippen molar-refractivity contribution < 1.29 is 4.79 Å². The van der Waals surface area contributed by atoms with E-state index in [2.05, 4.69) is 11.4 Å². The van der Waals surface area contributed by atoms with Crippen LogP contribution in [0.1, 0.15) is 41.6 Å². The smallest absolute Gasteiger partial charge is 0.251 e.